The van der Waals surface area contributed by atoms with Crippen molar-refractivity contribution < 1.29 is 12.8 Å². The van der Waals surface area contributed by atoms with Gasteiger partial charge in [0.15, 0.2) is 9.84 Å². The minimum atomic E-state index is -2.98. The highest BCUT2D eigenvalue weighted by Crippen LogP contribution is 2.32. The number of sulfone groups is 1. The zero-order chi connectivity index (χ0) is 13.5. The maximum Gasteiger partial charge on any atom is 0.150 e. The van der Waals surface area contributed by atoms with Gasteiger partial charge in [-0.3, -0.25) is 0 Å². The molecule has 2 atom stereocenters. The number of rotatable bonds is 2. The van der Waals surface area contributed by atoms with E-state index in [1.54, 1.807) is 0 Å². The van der Waals surface area contributed by atoms with Crippen LogP contribution in [0.1, 0.15) is 29.2 Å². The van der Waals surface area contributed by atoms with E-state index >= 15 is 0 Å². The zero-order valence-corrected chi connectivity index (χ0v) is 11.4. The molecule has 2 unspecified atom stereocenters. The van der Waals surface area contributed by atoms with E-state index < -0.39 is 15.9 Å². The molecule has 0 radical (unpaired) electrons. The summed E-state index contributed by atoms with van der Waals surface area (Å²) < 4.78 is 36.9. The molecular weight excluding hydrogens is 253 g/mol. The van der Waals surface area contributed by atoms with Crippen LogP contribution in [0.4, 0.5) is 4.39 Å². The summed E-state index contributed by atoms with van der Waals surface area (Å²) in [6.07, 6.45) is 0.524. The van der Waals surface area contributed by atoms with Gasteiger partial charge in [-0.15, -0.1) is 0 Å². The minimum Gasteiger partial charge on any atom is -0.324 e. The number of benzene rings is 1. The van der Waals surface area contributed by atoms with Gasteiger partial charge >= 0.3 is 0 Å². The Balaban J connectivity index is 2.33. The van der Waals surface area contributed by atoms with Gasteiger partial charge in [0.2, 0.25) is 0 Å². The summed E-state index contributed by atoms with van der Waals surface area (Å²) in [6.45, 7) is 3.64. The average Bonchev–Trinajstić information content (AvgIpc) is 2.57. The highest BCUT2D eigenvalue weighted by atomic mass is 32.2. The molecule has 1 saturated heterocycles. The first kappa shape index (κ1) is 13.5. The maximum atomic E-state index is 14.0. The molecule has 0 saturated carbocycles. The first-order valence-electron chi connectivity index (χ1n) is 6.03. The van der Waals surface area contributed by atoms with Gasteiger partial charge in [0, 0.05) is 11.6 Å². The van der Waals surface area contributed by atoms with Crippen LogP contribution in [0.2, 0.25) is 0 Å². The van der Waals surface area contributed by atoms with Crippen molar-refractivity contribution in [2.45, 2.75) is 26.3 Å². The third-order valence-electron chi connectivity index (χ3n) is 3.59. The fourth-order valence-electron chi connectivity index (χ4n) is 2.69. The highest BCUT2D eigenvalue weighted by Gasteiger charge is 2.34. The molecule has 18 heavy (non-hydrogen) atoms. The molecule has 5 heteroatoms. The second-order valence-electron chi connectivity index (χ2n) is 5.17. The summed E-state index contributed by atoms with van der Waals surface area (Å²) in [5.41, 5.74) is 8.17. The normalized spacial score (nSPS) is 24.1. The van der Waals surface area contributed by atoms with Crippen LogP contribution in [-0.2, 0) is 9.84 Å². The lowest BCUT2D eigenvalue weighted by Crippen LogP contribution is -2.24. The molecule has 0 aromatic heterocycles. The van der Waals surface area contributed by atoms with Crippen LogP contribution >= 0.6 is 0 Å². The Morgan fingerprint density at radius 1 is 1.39 bits per heavy atom. The molecule has 3 nitrogen and oxygen atoms in total. The first-order valence-corrected chi connectivity index (χ1v) is 7.85. The summed E-state index contributed by atoms with van der Waals surface area (Å²) in [4.78, 5) is 0. The first-order chi connectivity index (χ1) is 8.30. The Labute approximate surface area is 107 Å². The maximum absolute atomic E-state index is 14.0. The molecule has 0 bridgehead atoms. The van der Waals surface area contributed by atoms with E-state index in [0.717, 1.165) is 11.1 Å². The third kappa shape index (κ3) is 2.57. The van der Waals surface area contributed by atoms with Gasteiger partial charge in [-0.05, 0) is 43.4 Å². The fraction of sp³-hybridized carbons (Fsp3) is 0.538. The Bertz CT molecular complexity index is 545. The van der Waals surface area contributed by atoms with E-state index in [1.807, 2.05) is 19.9 Å². The van der Waals surface area contributed by atoms with Crippen LogP contribution in [-0.4, -0.2) is 19.9 Å². The van der Waals surface area contributed by atoms with Gasteiger partial charge < -0.3 is 5.73 Å². The van der Waals surface area contributed by atoms with E-state index in [9.17, 15) is 12.8 Å². The van der Waals surface area contributed by atoms with Gasteiger partial charge in [-0.1, -0.05) is 6.07 Å². The minimum absolute atomic E-state index is 0.0704. The molecule has 2 rings (SSSR count). The quantitative estimate of drug-likeness (QED) is 0.893. The van der Waals surface area contributed by atoms with Crippen LogP contribution in [0.3, 0.4) is 0 Å². The Kier molecular flexibility index (Phi) is 3.47. The van der Waals surface area contributed by atoms with Crippen molar-refractivity contribution in [3.8, 4) is 0 Å². The average molecular weight is 271 g/mol. The van der Waals surface area contributed by atoms with Crippen LogP contribution in [0.5, 0.6) is 0 Å². The number of hydrogen-bond acceptors (Lipinski definition) is 3. The van der Waals surface area contributed by atoms with Crippen molar-refractivity contribution >= 4 is 9.84 Å². The molecule has 100 valence electrons. The monoisotopic (exact) mass is 271 g/mol. The molecule has 1 aliphatic heterocycles. The molecule has 0 amide bonds. The van der Waals surface area contributed by atoms with E-state index in [4.69, 9.17) is 5.73 Å². The predicted octanol–water partition coefficient (Wildman–Crippen LogP) is 1.88. The van der Waals surface area contributed by atoms with Crippen LogP contribution in [0.25, 0.3) is 0 Å². The van der Waals surface area contributed by atoms with Gasteiger partial charge in [-0.25, -0.2) is 12.8 Å². The summed E-state index contributed by atoms with van der Waals surface area (Å²) in [5.74, 6) is -0.270. The van der Waals surface area contributed by atoms with Crippen molar-refractivity contribution in [2.75, 3.05) is 11.5 Å². The molecule has 1 fully saturated rings. The van der Waals surface area contributed by atoms with Gasteiger partial charge in [0.25, 0.3) is 0 Å². The van der Waals surface area contributed by atoms with Gasteiger partial charge in [-0.2, -0.15) is 0 Å². The second kappa shape index (κ2) is 4.63. The number of hydrogen-bond donors (Lipinski definition) is 1. The van der Waals surface area contributed by atoms with E-state index in [0.29, 0.717) is 12.0 Å². The molecular formula is C13H18FNO2S. The molecule has 1 aliphatic rings. The number of nitrogens with two attached hydrogens (primary N) is 1. The van der Waals surface area contributed by atoms with Crippen LogP contribution in [0, 0.1) is 25.6 Å². The molecule has 2 N–H and O–H groups in total. The van der Waals surface area contributed by atoms with Crippen molar-refractivity contribution in [3.05, 3.63) is 34.6 Å². The van der Waals surface area contributed by atoms with E-state index in [2.05, 4.69) is 0 Å². The number of aryl methyl sites for hydroxylation is 2. The molecule has 1 aromatic rings. The highest BCUT2D eigenvalue weighted by molar-refractivity contribution is 7.91. The number of halogens is 1. The third-order valence-corrected chi connectivity index (χ3v) is 5.38. The smallest absolute Gasteiger partial charge is 0.150 e. The molecule has 1 aromatic carbocycles. The summed E-state index contributed by atoms with van der Waals surface area (Å²) in [6, 6.07) is 2.79. The lowest BCUT2D eigenvalue weighted by molar-refractivity contribution is 0.456. The topological polar surface area (TPSA) is 60.2 Å². The zero-order valence-electron chi connectivity index (χ0n) is 10.6. The summed E-state index contributed by atoms with van der Waals surface area (Å²) in [5, 5.41) is 0. The van der Waals surface area contributed by atoms with Crippen molar-refractivity contribution in [1.29, 1.82) is 0 Å². The predicted molar refractivity (Wildman–Crippen MR) is 69.6 cm³/mol. The Morgan fingerprint density at radius 2 is 2.06 bits per heavy atom. The lowest BCUT2D eigenvalue weighted by atomic mass is 9.89. The SMILES string of the molecule is Cc1cc(C)c(C(N)C2CCS(=O)(=O)C2)c(F)c1. The molecule has 0 spiro atoms. The van der Waals surface area contributed by atoms with E-state index in [-0.39, 0.29) is 23.2 Å². The van der Waals surface area contributed by atoms with Crippen molar-refractivity contribution in [2.24, 2.45) is 11.7 Å². The molecule has 1 heterocycles. The van der Waals surface area contributed by atoms with E-state index in [1.165, 1.54) is 6.07 Å². The standard InChI is InChI=1S/C13H18FNO2S/c1-8-5-9(2)12(11(14)6-8)13(15)10-3-4-18(16,17)7-10/h5-6,10,13H,3-4,7,15H2,1-2H3. The van der Waals surface area contributed by atoms with Crippen LogP contribution in [0.15, 0.2) is 12.1 Å². The summed E-state index contributed by atoms with van der Waals surface area (Å²) in [7, 11) is -2.98. The van der Waals surface area contributed by atoms with Crippen molar-refractivity contribution in [3.63, 3.8) is 0 Å². The van der Waals surface area contributed by atoms with Crippen molar-refractivity contribution in [1.82, 2.24) is 0 Å². The second-order valence-corrected chi connectivity index (χ2v) is 7.39. The Hall–Kier alpha value is -0.940. The van der Waals surface area contributed by atoms with Gasteiger partial charge in [0.05, 0.1) is 11.5 Å². The lowest BCUT2D eigenvalue weighted by Gasteiger charge is -2.21. The Morgan fingerprint density at radius 3 is 2.56 bits per heavy atom. The summed E-state index contributed by atoms with van der Waals surface area (Å²) >= 11 is 0. The van der Waals surface area contributed by atoms with Crippen LogP contribution < -0.4 is 5.73 Å². The fourth-order valence-corrected chi connectivity index (χ4v) is 4.55. The van der Waals surface area contributed by atoms with Gasteiger partial charge in [0.1, 0.15) is 5.82 Å². The largest absolute Gasteiger partial charge is 0.324 e. The molecule has 0 aliphatic carbocycles.